The van der Waals surface area contributed by atoms with Gasteiger partial charge in [-0.3, -0.25) is 9.35 Å². The molecule has 0 saturated carbocycles. The number of alkyl halides is 6. The van der Waals surface area contributed by atoms with Gasteiger partial charge in [-0.05, 0) is 6.42 Å². The van der Waals surface area contributed by atoms with E-state index in [1.165, 1.54) is 0 Å². The molecule has 5 nitrogen and oxygen atoms in total. The Balaban J connectivity index is 4.63. The van der Waals surface area contributed by atoms with Crippen molar-refractivity contribution in [3.8, 4) is 0 Å². The van der Waals surface area contributed by atoms with E-state index in [1.807, 2.05) is 0 Å². The van der Waals surface area contributed by atoms with Crippen LogP contribution in [0.25, 0.3) is 0 Å². The number of hydrogen-bond donors (Lipinski definition) is 1. The van der Waals surface area contributed by atoms with Crippen LogP contribution in [-0.2, 0) is 19.6 Å². The fraction of sp³-hybridized carbons (Fsp3) is 0.941. The lowest BCUT2D eigenvalue weighted by Gasteiger charge is -2.35. The molecule has 12 heteroatoms. The maximum Gasteiger partial charge on any atom is 0.438 e. The van der Waals surface area contributed by atoms with Crippen LogP contribution in [0, 0.1) is 0 Å². The summed E-state index contributed by atoms with van der Waals surface area (Å²) in [7, 11) is -5.75. The third kappa shape index (κ3) is 10.5. The first-order chi connectivity index (χ1) is 13.2. The van der Waals surface area contributed by atoms with Gasteiger partial charge < -0.3 is 4.74 Å². The van der Waals surface area contributed by atoms with Crippen molar-refractivity contribution in [2.45, 2.75) is 95.5 Å². The largest absolute Gasteiger partial charge is 0.438 e. The van der Waals surface area contributed by atoms with Gasteiger partial charge in [0.05, 0.1) is 0 Å². The summed E-state index contributed by atoms with van der Waals surface area (Å²) in [5.41, 5.74) is -5.32. The van der Waals surface area contributed by atoms with Crippen LogP contribution in [0.1, 0.15) is 77.6 Å². The van der Waals surface area contributed by atoms with Crippen LogP contribution < -0.4 is 0 Å². The Morgan fingerprint density at radius 3 is 1.52 bits per heavy atom. The number of rotatable bonds is 14. The van der Waals surface area contributed by atoms with E-state index in [2.05, 4.69) is 11.7 Å². The second-order valence-electron chi connectivity index (χ2n) is 6.95. The van der Waals surface area contributed by atoms with E-state index < -0.39 is 46.2 Å². The second kappa shape index (κ2) is 12.0. The molecule has 0 fully saturated rings. The standard InChI is InChI=1S/C17H28F6O5S/c1-2-3-4-5-6-7-8-9-10-11-12-14(24)28-15(16(18,19)20,17(21,22)23)13-29(25,26)27/h2-13H2,1H3,(H,25,26,27). The van der Waals surface area contributed by atoms with E-state index in [0.29, 0.717) is 12.8 Å². The average Bonchev–Trinajstić information content (AvgIpc) is 2.52. The highest BCUT2D eigenvalue weighted by atomic mass is 32.2. The molecule has 1 N–H and O–H groups in total. The summed E-state index contributed by atoms with van der Waals surface area (Å²) in [6.07, 6.45) is -4.85. The van der Waals surface area contributed by atoms with Crippen LogP contribution in [0.2, 0.25) is 0 Å². The smallest absolute Gasteiger partial charge is 0.438 e. The SMILES string of the molecule is CCCCCCCCCCCCC(=O)OC(CS(=O)(=O)O)(C(F)(F)F)C(F)(F)F. The Hall–Kier alpha value is -1.04. The Morgan fingerprint density at radius 1 is 0.793 bits per heavy atom. The van der Waals surface area contributed by atoms with Crippen LogP contribution in [0.3, 0.4) is 0 Å². The maximum absolute atomic E-state index is 13.0. The van der Waals surface area contributed by atoms with Crippen molar-refractivity contribution in [3.63, 3.8) is 0 Å². The lowest BCUT2D eigenvalue weighted by Crippen LogP contribution is -2.63. The van der Waals surface area contributed by atoms with E-state index in [0.717, 1.165) is 44.9 Å². The number of carbonyl (C=O) groups excluding carboxylic acids is 1. The average molecular weight is 458 g/mol. The molecule has 0 saturated heterocycles. The fourth-order valence-electron chi connectivity index (χ4n) is 2.73. The summed E-state index contributed by atoms with van der Waals surface area (Å²) >= 11 is 0. The van der Waals surface area contributed by atoms with Gasteiger partial charge in [0.15, 0.2) is 0 Å². The Kier molecular flexibility index (Phi) is 11.5. The molecule has 0 aromatic rings. The molecule has 0 rings (SSSR count). The molecule has 0 bridgehead atoms. The molecule has 0 aliphatic rings. The summed E-state index contributed by atoms with van der Waals surface area (Å²) < 4.78 is 112. The van der Waals surface area contributed by atoms with Crippen molar-refractivity contribution >= 4 is 16.1 Å². The molecule has 0 amide bonds. The molecule has 0 spiro atoms. The molecule has 0 unspecified atom stereocenters. The minimum Gasteiger partial charge on any atom is -0.438 e. The number of halogens is 6. The molecule has 29 heavy (non-hydrogen) atoms. The van der Waals surface area contributed by atoms with E-state index in [4.69, 9.17) is 4.55 Å². The monoisotopic (exact) mass is 458 g/mol. The van der Waals surface area contributed by atoms with E-state index in [9.17, 15) is 39.6 Å². The van der Waals surface area contributed by atoms with Crippen molar-refractivity contribution in [2.24, 2.45) is 0 Å². The summed E-state index contributed by atoms with van der Waals surface area (Å²) in [5, 5.41) is 0. The van der Waals surface area contributed by atoms with Gasteiger partial charge in [-0.2, -0.15) is 34.8 Å². The number of carbonyl (C=O) groups is 1. The lowest BCUT2D eigenvalue weighted by atomic mass is 10.0. The second-order valence-corrected chi connectivity index (χ2v) is 8.41. The van der Waals surface area contributed by atoms with Gasteiger partial charge in [-0.25, -0.2) is 0 Å². The molecule has 0 radical (unpaired) electrons. The first-order valence-electron chi connectivity index (χ1n) is 9.47. The van der Waals surface area contributed by atoms with E-state index in [1.54, 1.807) is 0 Å². The Labute approximate surface area is 166 Å². The lowest BCUT2D eigenvalue weighted by molar-refractivity contribution is -0.361. The van der Waals surface area contributed by atoms with Gasteiger partial charge in [-0.1, -0.05) is 64.7 Å². The molecule has 174 valence electrons. The first-order valence-corrected chi connectivity index (χ1v) is 11.1. The number of unbranched alkanes of at least 4 members (excludes halogenated alkanes) is 9. The highest BCUT2D eigenvalue weighted by molar-refractivity contribution is 7.85. The van der Waals surface area contributed by atoms with Crippen molar-refractivity contribution in [3.05, 3.63) is 0 Å². The molecule has 0 aromatic heterocycles. The minimum absolute atomic E-state index is 0.00629. The van der Waals surface area contributed by atoms with Gasteiger partial charge in [0.2, 0.25) is 0 Å². The zero-order valence-corrected chi connectivity index (χ0v) is 17.1. The normalized spacial score (nSPS) is 13.5. The van der Waals surface area contributed by atoms with Crippen LogP contribution in [-0.4, -0.2) is 42.6 Å². The topological polar surface area (TPSA) is 80.7 Å². The first kappa shape index (κ1) is 28.0. The van der Waals surface area contributed by atoms with Gasteiger partial charge >= 0.3 is 23.9 Å². The Morgan fingerprint density at radius 2 is 1.17 bits per heavy atom. The molecular formula is C17H28F6O5S. The number of hydrogen-bond acceptors (Lipinski definition) is 4. The molecule has 0 aliphatic carbocycles. The molecular weight excluding hydrogens is 430 g/mol. The van der Waals surface area contributed by atoms with Gasteiger partial charge in [0.25, 0.3) is 10.1 Å². The van der Waals surface area contributed by atoms with Crippen LogP contribution in [0.4, 0.5) is 26.3 Å². The zero-order chi connectivity index (χ0) is 22.8. The van der Waals surface area contributed by atoms with Gasteiger partial charge in [0.1, 0.15) is 5.75 Å². The van der Waals surface area contributed by atoms with Crippen molar-refractivity contribution < 1.29 is 48.8 Å². The van der Waals surface area contributed by atoms with Crippen LogP contribution in [0.15, 0.2) is 0 Å². The maximum atomic E-state index is 13.0. The van der Waals surface area contributed by atoms with Crippen molar-refractivity contribution in [2.75, 3.05) is 5.75 Å². The van der Waals surface area contributed by atoms with Crippen molar-refractivity contribution in [1.29, 1.82) is 0 Å². The third-order valence-corrected chi connectivity index (χ3v) is 5.10. The van der Waals surface area contributed by atoms with Crippen LogP contribution in [0.5, 0.6) is 0 Å². The predicted molar refractivity (Wildman–Crippen MR) is 93.8 cm³/mol. The van der Waals surface area contributed by atoms with Crippen molar-refractivity contribution in [1.82, 2.24) is 0 Å². The highest BCUT2D eigenvalue weighted by Gasteiger charge is 2.75. The summed E-state index contributed by atoms with van der Waals surface area (Å²) in [5.74, 6) is -4.68. The third-order valence-electron chi connectivity index (χ3n) is 4.32. The summed E-state index contributed by atoms with van der Waals surface area (Å²) in [6, 6.07) is 0. The molecule has 0 atom stereocenters. The molecule has 0 aliphatic heterocycles. The summed E-state index contributed by atoms with van der Waals surface area (Å²) in [6.45, 7) is 2.10. The van der Waals surface area contributed by atoms with Crippen LogP contribution >= 0.6 is 0 Å². The minimum atomic E-state index is -6.28. The quantitative estimate of drug-likeness (QED) is 0.159. The molecule has 0 heterocycles. The van der Waals surface area contributed by atoms with E-state index >= 15 is 0 Å². The number of ether oxygens (including phenoxy) is 1. The predicted octanol–water partition coefficient (Wildman–Crippen LogP) is 5.59. The molecule has 0 aromatic carbocycles. The fourth-order valence-corrected chi connectivity index (χ4v) is 3.63. The Bertz CT molecular complexity index is 572. The summed E-state index contributed by atoms with van der Waals surface area (Å²) in [4.78, 5) is 11.6. The highest BCUT2D eigenvalue weighted by Crippen LogP contribution is 2.47. The zero-order valence-electron chi connectivity index (χ0n) is 16.2. The van der Waals surface area contributed by atoms with Gasteiger partial charge in [0, 0.05) is 6.42 Å². The number of esters is 1. The van der Waals surface area contributed by atoms with Gasteiger partial charge in [-0.15, -0.1) is 0 Å². The van der Waals surface area contributed by atoms with E-state index in [-0.39, 0.29) is 6.42 Å².